The van der Waals surface area contributed by atoms with Gasteiger partial charge in [-0.3, -0.25) is 0 Å². The van der Waals surface area contributed by atoms with Gasteiger partial charge in [-0.15, -0.1) is 0 Å². The van der Waals surface area contributed by atoms with Crippen molar-refractivity contribution >= 4 is 17.0 Å². The van der Waals surface area contributed by atoms with Crippen LogP contribution in [0.3, 0.4) is 0 Å². The van der Waals surface area contributed by atoms with Crippen LogP contribution in [0.2, 0.25) is 0 Å². The van der Waals surface area contributed by atoms with E-state index in [-0.39, 0.29) is 5.82 Å². The molecule has 92 valence electrons. The highest BCUT2D eigenvalue weighted by Crippen LogP contribution is 2.22. The normalized spacial score (nSPS) is 11.6. The van der Waals surface area contributed by atoms with E-state index in [0.29, 0.717) is 22.9 Å². The first-order chi connectivity index (χ1) is 7.99. The Hall–Kier alpha value is -1.58. The smallest absolute Gasteiger partial charge is 0.201 e. The Morgan fingerprint density at radius 1 is 1.41 bits per heavy atom. The summed E-state index contributed by atoms with van der Waals surface area (Å²) in [5, 5.41) is 0. The molecule has 17 heavy (non-hydrogen) atoms. The van der Waals surface area contributed by atoms with Crippen molar-refractivity contribution in [1.82, 2.24) is 9.55 Å². The second-order valence-electron chi connectivity index (χ2n) is 4.89. The number of imidazole rings is 1. The Labute approximate surface area is 100 Å². The lowest BCUT2D eigenvalue weighted by Gasteiger charge is -2.08. The van der Waals surface area contributed by atoms with Crippen LogP contribution in [0, 0.1) is 18.7 Å². The molecule has 0 aliphatic rings. The molecule has 2 rings (SSSR count). The van der Waals surface area contributed by atoms with Crippen LogP contribution in [-0.2, 0) is 6.54 Å². The average molecular weight is 235 g/mol. The maximum Gasteiger partial charge on any atom is 0.201 e. The van der Waals surface area contributed by atoms with Gasteiger partial charge in [0, 0.05) is 12.6 Å². The summed E-state index contributed by atoms with van der Waals surface area (Å²) in [7, 11) is 0. The molecule has 0 atom stereocenters. The second-order valence-corrected chi connectivity index (χ2v) is 4.89. The first-order valence-electron chi connectivity index (χ1n) is 5.91. The molecule has 4 heteroatoms. The van der Waals surface area contributed by atoms with E-state index in [1.807, 2.05) is 10.6 Å². The average Bonchev–Trinajstić information content (AvgIpc) is 2.52. The van der Waals surface area contributed by atoms with Crippen molar-refractivity contribution in [3.63, 3.8) is 0 Å². The van der Waals surface area contributed by atoms with Gasteiger partial charge < -0.3 is 10.3 Å². The Bertz CT molecular complexity index is 543. The van der Waals surface area contributed by atoms with E-state index >= 15 is 0 Å². The number of hydrogen-bond donors (Lipinski definition) is 1. The van der Waals surface area contributed by atoms with E-state index in [2.05, 4.69) is 18.8 Å². The Morgan fingerprint density at radius 3 is 2.76 bits per heavy atom. The van der Waals surface area contributed by atoms with Crippen LogP contribution in [0.5, 0.6) is 0 Å². The summed E-state index contributed by atoms with van der Waals surface area (Å²) in [6.07, 6.45) is 1.03. The van der Waals surface area contributed by atoms with Gasteiger partial charge in [0.25, 0.3) is 0 Å². The molecule has 0 aliphatic carbocycles. The summed E-state index contributed by atoms with van der Waals surface area (Å²) in [6.45, 7) is 6.91. The number of rotatable bonds is 3. The van der Waals surface area contributed by atoms with Crippen molar-refractivity contribution in [2.45, 2.75) is 33.7 Å². The third-order valence-electron chi connectivity index (χ3n) is 2.99. The van der Waals surface area contributed by atoms with Crippen molar-refractivity contribution in [2.75, 3.05) is 5.73 Å². The van der Waals surface area contributed by atoms with Crippen LogP contribution in [0.15, 0.2) is 12.1 Å². The number of benzene rings is 1. The number of fused-ring (bicyclic) bond motifs is 1. The number of nitrogen functional groups attached to an aromatic ring is 1. The molecule has 0 spiro atoms. The van der Waals surface area contributed by atoms with Crippen LogP contribution < -0.4 is 5.73 Å². The molecule has 0 unspecified atom stereocenters. The summed E-state index contributed by atoms with van der Waals surface area (Å²) in [6, 6.07) is 3.27. The molecule has 2 N–H and O–H groups in total. The van der Waals surface area contributed by atoms with Gasteiger partial charge in [-0.1, -0.05) is 13.8 Å². The van der Waals surface area contributed by atoms with Crippen LogP contribution in [0.25, 0.3) is 11.0 Å². The first kappa shape index (κ1) is 11.9. The number of nitrogens with zero attached hydrogens (tertiary/aromatic N) is 2. The largest absolute Gasteiger partial charge is 0.369 e. The predicted molar refractivity (Wildman–Crippen MR) is 68.3 cm³/mol. The van der Waals surface area contributed by atoms with Gasteiger partial charge in [0.05, 0.1) is 11.0 Å². The van der Waals surface area contributed by atoms with E-state index in [1.54, 1.807) is 6.92 Å². The Morgan fingerprint density at radius 2 is 2.12 bits per heavy atom. The molecule has 0 radical (unpaired) electrons. The predicted octanol–water partition coefficient (Wildman–Crippen LogP) is 3.11. The quantitative estimate of drug-likeness (QED) is 0.888. The molecule has 0 amide bonds. The number of aryl methyl sites for hydroxylation is 2. The Kier molecular flexibility index (Phi) is 3.05. The minimum atomic E-state index is -0.231. The minimum absolute atomic E-state index is 0.231. The van der Waals surface area contributed by atoms with Gasteiger partial charge in [-0.2, -0.15) is 0 Å². The summed E-state index contributed by atoms with van der Waals surface area (Å²) in [5.74, 6) is 0.838. The monoisotopic (exact) mass is 235 g/mol. The molecule has 0 fully saturated rings. The van der Waals surface area contributed by atoms with Crippen molar-refractivity contribution < 1.29 is 4.39 Å². The van der Waals surface area contributed by atoms with E-state index in [0.717, 1.165) is 18.5 Å². The van der Waals surface area contributed by atoms with Crippen molar-refractivity contribution in [3.05, 3.63) is 23.5 Å². The zero-order valence-corrected chi connectivity index (χ0v) is 10.5. The van der Waals surface area contributed by atoms with Crippen molar-refractivity contribution in [1.29, 1.82) is 0 Å². The maximum atomic E-state index is 13.4. The van der Waals surface area contributed by atoms with Crippen LogP contribution in [-0.4, -0.2) is 9.55 Å². The number of anilines is 1. The van der Waals surface area contributed by atoms with Gasteiger partial charge >= 0.3 is 0 Å². The van der Waals surface area contributed by atoms with Crippen molar-refractivity contribution in [3.8, 4) is 0 Å². The molecule has 0 saturated carbocycles. The summed E-state index contributed by atoms with van der Waals surface area (Å²) < 4.78 is 15.4. The zero-order valence-electron chi connectivity index (χ0n) is 10.5. The zero-order chi connectivity index (χ0) is 12.6. The highest BCUT2D eigenvalue weighted by atomic mass is 19.1. The van der Waals surface area contributed by atoms with E-state index < -0.39 is 0 Å². The number of aromatic nitrogens is 2. The highest BCUT2D eigenvalue weighted by molar-refractivity contribution is 5.79. The second kappa shape index (κ2) is 4.35. The molecular weight excluding hydrogens is 217 g/mol. The summed E-state index contributed by atoms with van der Waals surface area (Å²) >= 11 is 0. The molecule has 0 aliphatic heterocycles. The fourth-order valence-corrected chi connectivity index (χ4v) is 1.89. The molecule has 0 bridgehead atoms. The Balaban J connectivity index is 2.47. The lowest BCUT2D eigenvalue weighted by Crippen LogP contribution is -2.05. The lowest BCUT2D eigenvalue weighted by molar-refractivity contribution is 0.526. The van der Waals surface area contributed by atoms with Gasteiger partial charge in [-0.05, 0) is 30.9 Å². The standard InChI is InChI=1S/C13H18FN3/c1-8(2)4-5-17-12-6-9(3)10(14)7-11(12)16-13(17)15/h6-8H,4-5H2,1-3H3,(H2,15,16). The number of nitrogens with two attached hydrogens (primary N) is 1. The topological polar surface area (TPSA) is 43.8 Å². The summed E-state index contributed by atoms with van der Waals surface area (Å²) in [5.41, 5.74) is 8.05. The SMILES string of the molecule is Cc1cc2c(cc1F)nc(N)n2CCC(C)C. The number of halogens is 1. The lowest BCUT2D eigenvalue weighted by atomic mass is 10.1. The van der Waals surface area contributed by atoms with Crippen LogP contribution in [0.1, 0.15) is 25.8 Å². The third-order valence-corrected chi connectivity index (χ3v) is 2.99. The van der Waals surface area contributed by atoms with Gasteiger partial charge in [0.1, 0.15) is 5.82 Å². The van der Waals surface area contributed by atoms with Gasteiger partial charge in [-0.25, -0.2) is 9.37 Å². The minimum Gasteiger partial charge on any atom is -0.369 e. The summed E-state index contributed by atoms with van der Waals surface area (Å²) in [4.78, 5) is 4.19. The number of hydrogen-bond acceptors (Lipinski definition) is 2. The third kappa shape index (κ3) is 2.25. The fourth-order valence-electron chi connectivity index (χ4n) is 1.89. The molecule has 1 aromatic heterocycles. The molecule has 0 saturated heterocycles. The van der Waals surface area contributed by atoms with Crippen LogP contribution >= 0.6 is 0 Å². The van der Waals surface area contributed by atoms with Gasteiger partial charge in [0.15, 0.2) is 0 Å². The van der Waals surface area contributed by atoms with E-state index in [9.17, 15) is 4.39 Å². The fraction of sp³-hybridized carbons (Fsp3) is 0.462. The maximum absolute atomic E-state index is 13.4. The molecular formula is C13H18FN3. The van der Waals surface area contributed by atoms with Gasteiger partial charge in [0.2, 0.25) is 5.95 Å². The highest BCUT2D eigenvalue weighted by Gasteiger charge is 2.11. The molecule has 2 aromatic rings. The van der Waals surface area contributed by atoms with E-state index in [4.69, 9.17) is 5.73 Å². The molecule has 3 nitrogen and oxygen atoms in total. The van der Waals surface area contributed by atoms with E-state index in [1.165, 1.54) is 6.07 Å². The first-order valence-corrected chi connectivity index (χ1v) is 5.91. The molecule has 1 aromatic carbocycles. The van der Waals surface area contributed by atoms with Crippen molar-refractivity contribution in [2.24, 2.45) is 5.92 Å². The molecule has 1 heterocycles. The van der Waals surface area contributed by atoms with Crippen LogP contribution in [0.4, 0.5) is 10.3 Å².